The molecule has 0 bridgehead atoms. The number of carbonyl (C=O) groups excluding carboxylic acids is 1. The van der Waals surface area contributed by atoms with Crippen LogP contribution in [-0.4, -0.2) is 5.78 Å². The molecule has 0 amide bonds. The standard InChI is InChI=1S/C9H5ClFNO/c1-5(13)9-6(4-12)7(10)2-3-8(9)11/h2-3H,1H3. The number of nitriles is 1. The molecule has 0 aliphatic carbocycles. The van der Waals surface area contributed by atoms with E-state index in [1.54, 1.807) is 6.07 Å². The van der Waals surface area contributed by atoms with E-state index < -0.39 is 11.6 Å². The molecule has 13 heavy (non-hydrogen) atoms. The molecule has 66 valence electrons. The largest absolute Gasteiger partial charge is 0.294 e. The molecular formula is C9H5ClFNO. The Kier molecular flexibility index (Phi) is 2.64. The number of hydrogen-bond acceptors (Lipinski definition) is 2. The second-order valence-electron chi connectivity index (χ2n) is 2.45. The predicted octanol–water partition coefficient (Wildman–Crippen LogP) is 2.55. The van der Waals surface area contributed by atoms with E-state index in [0.717, 1.165) is 6.07 Å². The van der Waals surface area contributed by atoms with Crippen molar-refractivity contribution in [1.82, 2.24) is 0 Å². The van der Waals surface area contributed by atoms with Gasteiger partial charge in [0.2, 0.25) is 0 Å². The van der Waals surface area contributed by atoms with Crippen molar-refractivity contribution in [1.29, 1.82) is 5.26 Å². The fraction of sp³-hybridized carbons (Fsp3) is 0.111. The summed E-state index contributed by atoms with van der Waals surface area (Å²) >= 11 is 5.60. The van der Waals surface area contributed by atoms with E-state index in [9.17, 15) is 9.18 Å². The van der Waals surface area contributed by atoms with E-state index in [4.69, 9.17) is 16.9 Å². The van der Waals surface area contributed by atoms with E-state index in [0.29, 0.717) is 0 Å². The third-order valence-corrected chi connectivity index (χ3v) is 1.88. The van der Waals surface area contributed by atoms with Crippen LogP contribution in [-0.2, 0) is 0 Å². The van der Waals surface area contributed by atoms with Gasteiger partial charge in [0.05, 0.1) is 16.1 Å². The third kappa shape index (κ3) is 1.68. The maximum atomic E-state index is 13.0. The summed E-state index contributed by atoms with van der Waals surface area (Å²) in [6.45, 7) is 1.19. The van der Waals surface area contributed by atoms with Crippen LogP contribution in [0.5, 0.6) is 0 Å². The fourth-order valence-electron chi connectivity index (χ4n) is 1.01. The minimum atomic E-state index is -0.714. The molecule has 2 nitrogen and oxygen atoms in total. The molecule has 0 aliphatic heterocycles. The van der Waals surface area contributed by atoms with E-state index in [1.807, 2.05) is 0 Å². The number of Topliss-reactive ketones (excluding diaryl/α,β-unsaturated/α-hetero) is 1. The Balaban J connectivity index is 3.55. The molecule has 1 rings (SSSR count). The quantitative estimate of drug-likeness (QED) is 0.650. The Labute approximate surface area is 79.5 Å². The molecule has 0 heterocycles. The summed E-state index contributed by atoms with van der Waals surface area (Å²) < 4.78 is 13.0. The number of benzene rings is 1. The van der Waals surface area contributed by atoms with Gasteiger partial charge in [0.1, 0.15) is 11.9 Å². The molecule has 1 aromatic rings. The van der Waals surface area contributed by atoms with Crippen LogP contribution in [0, 0.1) is 17.1 Å². The summed E-state index contributed by atoms with van der Waals surface area (Å²) in [4.78, 5) is 10.9. The number of halogens is 2. The average Bonchev–Trinajstić information content (AvgIpc) is 2.07. The van der Waals surface area contributed by atoms with Crippen LogP contribution >= 0.6 is 11.6 Å². The van der Waals surface area contributed by atoms with Crippen molar-refractivity contribution in [2.24, 2.45) is 0 Å². The summed E-state index contributed by atoms with van der Waals surface area (Å²) in [5.41, 5.74) is -0.343. The molecule has 0 radical (unpaired) electrons. The van der Waals surface area contributed by atoms with E-state index in [-0.39, 0.29) is 16.1 Å². The Morgan fingerprint density at radius 2 is 2.23 bits per heavy atom. The van der Waals surface area contributed by atoms with Gasteiger partial charge in [-0.3, -0.25) is 4.79 Å². The lowest BCUT2D eigenvalue weighted by molar-refractivity contribution is 0.101. The van der Waals surface area contributed by atoms with Gasteiger partial charge in [0, 0.05) is 0 Å². The van der Waals surface area contributed by atoms with Crippen molar-refractivity contribution in [2.45, 2.75) is 6.92 Å². The van der Waals surface area contributed by atoms with Crippen LogP contribution in [0.1, 0.15) is 22.8 Å². The smallest absolute Gasteiger partial charge is 0.164 e. The van der Waals surface area contributed by atoms with Crippen LogP contribution in [0.3, 0.4) is 0 Å². The molecule has 0 N–H and O–H groups in total. The van der Waals surface area contributed by atoms with Gasteiger partial charge in [-0.1, -0.05) is 11.6 Å². The number of rotatable bonds is 1. The number of nitrogens with zero attached hydrogens (tertiary/aromatic N) is 1. The van der Waals surface area contributed by atoms with Crippen LogP contribution in [0.15, 0.2) is 12.1 Å². The van der Waals surface area contributed by atoms with Gasteiger partial charge in [-0.05, 0) is 19.1 Å². The van der Waals surface area contributed by atoms with Crippen molar-refractivity contribution >= 4 is 17.4 Å². The molecule has 0 saturated heterocycles. The summed E-state index contributed by atoms with van der Waals surface area (Å²) in [5.74, 6) is -1.22. The highest BCUT2D eigenvalue weighted by Gasteiger charge is 2.15. The van der Waals surface area contributed by atoms with Gasteiger partial charge in [0.25, 0.3) is 0 Å². The Bertz CT molecular complexity index is 409. The zero-order valence-corrected chi connectivity index (χ0v) is 7.52. The molecule has 0 saturated carbocycles. The number of carbonyl (C=O) groups is 1. The topological polar surface area (TPSA) is 40.9 Å². The Morgan fingerprint density at radius 3 is 2.62 bits per heavy atom. The zero-order chi connectivity index (χ0) is 10.0. The van der Waals surface area contributed by atoms with Crippen molar-refractivity contribution in [2.75, 3.05) is 0 Å². The monoisotopic (exact) mass is 197 g/mol. The summed E-state index contributed by atoms with van der Waals surface area (Å²) in [5, 5.41) is 8.71. The normalized spacial score (nSPS) is 9.38. The first-order chi connectivity index (χ1) is 6.07. The van der Waals surface area contributed by atoms with E-state index in [1.165, 1.54) is 13.0 Å². The lowest BCUT2D eigenvalue weighted by Crippen LogP contribution is -2.01. The second kappa shape index (κ2) is 3.55. The molecule has 0 spiro atoms. The molecule has 0 aliphatic rings. The highest BCUT2D eigenvalue weighted by Crippen LogP contribution is 2.22. The molecule has 0 aromatic heterocycles. The summed E-state index contributed by atoms with van der Waals surface area (Å²) in [6.07, 6.45) is 0. The Hall–Kier alpha value is -1.40. The minimum absolute atomic E-state index is 0.0918. The lowest BCUT2D eigenvalue weighted by atomic mass is 10.0. The maximum absolute atomic E-state index is 13.0. The van der Waals surface area contributed by atoms with Crippen LogP contribution < -0.4 is 0 Å². The average molecular weight is 198 g/mol. The first-order valence-electron chi connectivity index (χ1n) is 3.47. The Morgan fingerprint density at radius 1 is 1.62 bits per heavy atom. The highest BCUT2D eigenvalue weighted by molar-refractivity contribution is 6.32. The second-order valence-corrected chi connectivity index (χ2v) is 2.85. The first kappa shape index (κ1) is 9.69. The van der Waals surface area contributed by atoms with Gasteiger partial charge in [-0.15, -0.1) is 0 Å². The molecule has 0 atom stereocenters. The maximum Gasteiger partial charge on any atom is 0.164 e. The van der Waals surface area contributed by atoms with Gasteiger partial charge in [-0.25, -0.2) is 4.39 Å². The SMILES string of the molecule is CC(=O)c1c(F)ccc(Cl)c1C#N. The zero-order valence-electron chi connectivity index (χ0n) is 6.77. The number of hydrogen-bond donors (Lipinski definition) is 0. The molecular weight excluding hydrogens is 193 g/mol. The molecule has 1 aromatic carbocycles. The number of ketones is 1. The van der Waals surface area contributed by atoms with Crippen molar-refractivity contribution < 1.29 is 9.18 Å². The van der Waals surface area contributed by atoms with Gasteiger partial charge in [0.15, 0.2) is 5.78 Å². The van der Waals surface area contributed by atoms with E-state index >= 15 is 0 Å². The van der Waals surface area contributed by atoms with Crippen molar-refractivity contribution in [3.63, 3.8) is 0 Å². The van der Waals surface area contributed by atoms with Gasteiger partial charge >= 0.3 is 0 Å². The highest BCUT2D eigenvalue weighted by atomic mass is 35.5. The predicted molar refractivity (Wildman–Crippen MR) is 46.1 cm³/mol. The van der Waals surface area contributed by atoms with Crippen LogP contribution in [0.25, 0.3) is 0 Å². The summed E-state index contributed by atoms with van der Waals surface area (Å²) in [6, 6.07) is 4.01. The van der Waals surface area contributed by atoms with Gasteiger partial charge in [-0.2, -0.15) is 5.26 Å². The van der Waals surface area contributed by atoms with E-state index in [2.05, 4.69) is 0 Å². The van der Waals surface area contributed by atoms with Crippen molar-refractivity contribution in [3.05, 3.63) is 34.1 Å². The first-order valence-corrected chi connectivity index (χ1v) is 3.84. The fourth-order valence-corrected chi connectivity index (χ4v) is 1.21. The lowest BCUT2D eigenvalue weighted by Gasteiger charge is -2.02. The summed E-state index contributed by atoms with van der Waals surface area (Å²) in [7, 11) is 0. The van der Waals surface area contributed by atoms with Crippen LogP contribution in [0.4, 0.5) is 4.39 Å². The molecule has 0 fully saturated rings. The molecule has 4 heteroatoms. The van der Waals surface area contributed by atoms with Crippen molar-refractivity contribution in [3.8, 4) is 6.07 Å². The van der Waals surface area contributed by atoms with Gasteiger partial charge < -0.3 is 0 Å². The molecule has 0 unspecified atom stereocenters. The minimum Gasteiger partial charge on any atom is -0.294 e. The third-order valence-electron chi connectivity index (χ3n) is 1.57. The van der Waals surface area contributed by atoms with Crippen LogP contribution in [0.2, 0.25) is 5.02 Å².